The fourth-order valence-electron chi connectivity index (χ4n) is 2.46. The number of halogens is 3. The van der Waals surface area contributed by atoms with Gasteiger partial charge < -0.3 is 0 Å². The maximum absolute atomic E-state index is 12.8. The molecule has 0 saturated heterocycles. The van der Waals surface area contributed by atoms with Crippen LogP contribution in [-0.2, 0) is 0 Å². The first-order valence-electron chi connectivity index (χ1n) is 5.96. The molecule has 0 unspecified atom stereocenters. The lowest BCUT2D eigenvalue weighted by Crippen LogP contribution is -2.19. The maximum Gasteiger partial charge on any atom is 0.416 e. The van der Waals surface area contributed by atoms with Gasteiger partial charge >= 0.3 is 6.18 Å². The summed E-state index contributed by atoms with van der Waals surface area (Å²) in [7, 11) is 0. The van der Waals surface area contributed by atoms with E-state index in [2.05, 4.69) is 20.1 Å². The average molecular weight is 244 g/mol. The molecule has 1 rings (SSSR count). The Balaban J connectivity index is 3.00. The Hall–Kier alpha value is -0.990. The van der Waals surface area contributed by atoms with Crippen molar-refractivity contribution in [1.82, 2.24) is 0 Å². The van der Waals surface area contributed by atoms with Crippen molar-refractivity contribution in [2.75, 3.05) is 0 Å². The van der Waals surface area contributed by atoms with Crippen LogP contribution in [-0.4, -0.2) is 6.18 Å². The molecule has 1 aliphatic rings. The Kier molecular flexibility index (Phi) is 4.61. The summed E-state index contributed by atoms with van der Waals surface area (Å²) in [6.07, 6.45) is 1.55. The van der Waals surface area contributed by atoms with Gasteiger partial charge in [0.05, 0.1) is 5.57 Å². The fourth-order valence-corrected chi connectivity index (χ4v) is 2.46. The molecule has 0 atom stereocenters. The third kappa shape index (κ3) is 3.48. The second-order valence-corrected chi connectivity index (χ2v) is 4.73. The normalized spacial score (nSPS) is 27.3. The van der Waals surface area contributed by atoms with Crippen molar-refractivity contribution >= 4 is 0 Å². The third-order valence-electron chi connectivity index (χ3n) is 3.50. The smallest absolute Gasteiger partial charge is 0.166 e. The lowest BCUT2D eigenvalue weighted by molar-refractivity contribution is -0.0892. The van der Waals surface area contributed by atoms with E-state index in [4.69, 9.17) is 0 Å². The summed E-state index contributed by atoms with van der Waals surface area (Å²) in [5.74, 6) is 0.605. The number of hydrogen-bond acceptors (Lipinski definition) is 0. The summed E-state index contributed by atoms with van der Waals surface area (Å²) in [6.45, 7) is 8.96. The van der Waals surface area contributed by atoms with Gasteiger partial charge in [-0.15, -0.1) is 0 Å². The van der Waals surface area contributed by atoms with E-state index in [0.717, 1.165) is 31.8 Å². The molecule has 0 aliphatic heterocycles. The summed E-state index contributed by atoms with van der Waals surface area (Å²) in [5, 5.41) is 0. The van der Waals surface area contributed by atoms with Gasteiger partial charge in [-0.1, -0.05) is 45.1 Å². The Morgan fingerprint density at radius 1 is 1.06 bits per heavy atom. The fraction of sp³-hybridized carbons (Fsp3) is 0.571. The van der Waals surface area contributed by atoms with Crippen molar-refractivity contribution < 1.29 is 13.2 Å². The number of allylic oxidation sites excluding steroid dienone is 4. The van der Waals surface area contributed by atoms with Gasteiger partial charge in [0.2, 0.25) is 0 Å². The Morgan fingerprint density at radius 2 is 1.59 bits per heavy atom. The van der Waals surface area contributed by atoms with Crippen molar-refractivity contribution in [3.8, 4) is 0 Å². The summed E-state index contributed by atoms with van der Waals surface area (Å²) >= 11 is 0. The van der Waals surface area contributed by atoms with Crippen LogP contribution in [0.3, 0.4) is 0 Å². The van der Waals surface area contributed by atoms with Gasteiger partial charge in [-0.25, -0.2) is 0 Å². The molecule has 0 spiro atoms. The largest absolute Gasteiger partial charge is 0.416 e. The SMILES string of the molecule is C=C/C(=C(\C=C)C(F)(F)F)C1CCC(C)CC1. The summed E-state index contributed by atoms with van der Waals surface area (Å²) in [4.78, 5) is 0. The zero-order valence-electron chi connectivity index (χ0n) is 10.2. The van der Waals surface area contributed by atoms with Crippen molar-refractivity contribution in [2.45, 2.75) is 38.8 Å². The molecule has 1 aliphatic carbocycles. The predicted molar refractivity (Wildman–Crippen MR) is 64.6 cm³/mol. The van der Waals surface area contributed by atoms with Gasteiger partial charge in [-0.3, -0.25) is 0 Å². The van der Waals surface area contributed by atoms with Crippen molar-refractivity contribution in [3.05, 3.63) is 36.5 Å². The number of rotatable bonds is 3. The van der Waals surface area contributed by atoms with Crippen LogP contribution in [0.2, 0.25) is 0 Å². The monoisotopic (exact) mass is 244 g/mol. The lowest BCUT2D eigenvalue weighted by atomic mass is 9.77. The molecule has 3 heteroatoms. The van der Waals surface area contributed by atoms with Gasteiger partial charge in [-0.2, -0.15) is 13.2 Å². The molecule has 96 valence electrons. The van der Waals surface area contributed by atoms with E-state index < -0.39 is 11.7 Å². The zero-order chi connectivity index (χ0) is 13.1. The second kappa shape index (κ2) is 5.56. The lowest BCUT2D eigenvalue weighted by Gasteiger charge is -2.28. The van der Waals surface area contributed by atoms with E-state index in [9.17, 15) is 13.2 Å². The highest BCUT2D eigenvalue weighted by Crippen LogP contribution is 2.39. The molecule has 0 N–H and O–H groups in total. The topological polar surface area (TPSA) is 0 Å². The van der Waals surface area contributed by atoms with E-state index in [-0.39, 0.29) is 5.92 Å². The van der Waals surface area contributed by atoms with Gasteiger partial charge in [0, 0.05) is 0 Å². The number of alkyl halides is 3. The minimum atomic E-state index is -4.33. The highest BCUT2D eigenvalue weighted by atomic mass is 19.4. The van der Waals surface area contributed by atoms with Gasteiger partial charge in [-0.05, 0) is 30.3 Å². The van der Waals surface area contributed by atoms with Crippen LogP contribution >= 0.6 is 0 Å². The minimum absolute atomic E-state index is 0.0154. The van der Waals surface area contributed by atoms with Crippen LogP contribution in [0.4, 0.5) is 13.2 Å². The first-order valence-corrected chi connectivity index (χ1v) is 5.96. The molecule has 1 fully saturated rings. The average Bonchev–Trinajstić information content (AvgIpc) is 2.25. The highest BCUT2D eigenvalue weighted by Gasteiger charge is 2.35. The molecule has 0 radical (unpaired) electrons. The molecule has 0 amide bonds. The summed E-state index contributed by atoms with van der Waals surface area (Å²) < 4.78 is 38.4. The van der Waals surface area contributed by atoms with Crippen LogP contribution in [0.25, 0.3) is 0 Å². The van der Waals surface area contributed by atoms with Crippen LogP contribution in [0, 0.1) is 11.8 Å². The van der Waals surface area contributed by atoms with E-state index in [1.807, 2.05) is 0 Å². The molecular formula is C14H19F3. The van der Waals surface area contributed by atoms with E-state index >= 15 is 0 Å². The van der Waals surface area contributed by atoms with Crippen molar-refractivity contribution in [2.24, 2.45) is 11.8 Å². The van der Waals surface area contributed by atoms with Crippen molar-refractivity contribution in [3.63, 3.8) is 0 Å². The third-order valence-corrected chi connectivity index (χ3v) is 3.50. The zero-order valence-corrected chi connectivity index (χ0v) is 10.2. The minimum Gasteiger partial charge on any atom is -0.166 e. The van der Waals surface area contributed by atoms with Crippen LogP contribution < -0.4 is 0 Å². The predicted octanol–water partition coefficient (Wildman–Crippen LogP) is 5.04. The van der Waals surface area contributed by atoms with Gasteiger partial charge in [0.15, 0.2) is 0 Å². The molecule has 0 nitrogen and oxygen atoms in total. The van der Waals surface area contributed by atoms with Crippen LogP contribution in [0.1, 0.15) is 32.6 Å². The van der Waals surface area contributed by atoms with Crippen LogP contribution in [0.15, 0.2) is 36.5 Å². The van der Waals surface area contributed by atoms with E-state index in [1.54, 1.807) is 0 Å². The molecular weight excluding hydrogens is 225 g/mol. The Morgan fingerprint density at radius 3 is 1.94 bits per heavy atom. The Labute approximate surface area is 101 Å². The molecule has 0 aromatic carbocycles. The molecule has 0 aromatic heterocycles. The standard InChI is InChI=1S/C14H19F3/c1-4-12(13(5-2)14(15,16)17)11-8-6-10(3)7-9-11/h4-5,10-11H,1-2,6-9H2,3H3/b13-12-. The van der Waals surface area contributed by atoms with Crippen molar-refractivity contribution in [1.29, 1.82) is 0 Å². The molecule has 1 saturated carbocycles. The molecule has 17 heavy (non-hydrogen) atoms. The highest BCUT2D eigenvalue weighted by molar-refractivity contribution is 5.36. The first-order chi connectivity index (χ1) is 7.90. The molecule has 0 aromatic rings. The number of hydrogen-bond donors (Lipinski definition) is 0. The van der Waals surface area contributed by atoms with Gasteiger partial charge in [0.25, 0.3) is 0 Å². The summed E-state index contributed by atoms with van der Waals surface area (Å²) in [6, 6.07) is 0. The first kappa shape index (κ1) is 14.1. The quantitative estimate of drug-likeness (QED) is 0.610. The maximum atomic E-state index is 12.8. The molecule has 0 heterocycles. The van der Waals surface area contributed by atoms with Crippen LogP contribution in [0.5, 0.6) is 0 Å². The Bertz CT molecular complexity index is 315. The second-order valence-electron chi connectivity index (χ2n) is 4.73. The van der Waals surface area contributed by atoms with E-state index in [1.165, 1.54) is 6.08 Å². The van der Waals surface area contributed by atoms with Gasteiger partial charge in [0.1, 0.15) is 0 Å². The molecule has 0 bridgehead atoms. The summed E-state index contributed by atoms with van der Waals surface area (Å²) in [5.41, 5.74) is -0.300. The van der Waals surface area contributed by atoms with E-state index in [0.29, 0.717) is 11.5 Å².